The topological polar surface area (TPSA) is 38.7 Å². The van der Waals surface area contributed by atoms with Crippen molar-refractivity contribution < 1.29 is 14.6 Å². The van der Waals surface area contributed by atoms with Crippen LogP contribution in [0.15, 0.2) is 12.8 Å². The van der Waals surface area contributed by atoms with Crippen LogP contribution < -0.4 is 0 Å². The number of hydrogen-bond acceptors (Lipinski definition) is 3. The van der Waals surface area contributed by atoms with Gasteiger partial charge in [-0.3, -0.25) is 0 Å². The second-order valence-corrected chi connectivity index (χ2v) is 2.72. The van der Waals surface area contributed by atoms with Gasteiger partial charge in [0.25, 0.3) is 0 Å². The van der Waals surface area contributed by atoms with Crippen LogP contribution in [0.2, 0.25) is 0 Å². The highest BCUT2D eigenvalue weighted by Crippen LogP contribution is 2.22. The maximum absolute atomic E-state index is 8.76. The Balaban J connectivity index is 2.38. The zero-order valence-electron chi connectivity index (χ0n) is 6.69. The molecule has 1 heterocycles. The van der Waals surface area contributed by atoms with Crippen LogP contribution in [0.5, 0.6) is 0 Å². The summed E-state index contributed by atoms with van der Waals surface area (Å²) in [5.41, 5.74) is 0. The van der Waals surface area contributed by atoms with Crippen LogP contribution in [-0.4, -0.2) is 30.0 Å². The van der Waals surface area contributed by atoms with Crippen LogP contribution in [0.1, 0.15) is 13.3 Å². The van der Waals surface area contributed by atoms with Crippen molar-refractivity contribution in [2.45, 2.75) is 31.7 Å². The Hall–Kier alpha value is -0.540. The molecule has 11 heavy (non-hydrogen) atoms. The van der Waals surface area contributed by atoms with Crippen LogP contribution in [0, 0.1) is 0 Å². The van der Waals surface area contributed by atoms with Crippen molar-refractivity contribution in [3.05, 3.63) is 12.8 Å². The molecular formula is C8H14O3. The van der Waals surface area contributed by atoms with E-state index in [2.05, 4.69) is 6.58 Å². The number of aliphatic hydroxyl groups is 1. The summed E-state index contributed by atoms with van der Waals surface area (Å²) in [6, 6.07) is 0. The summed E-state index contributed by atoms with van der Waals surface area (Å²) >= 11 is 0. The lowest BCUT2D eigenvalue weighted by atomic mass is 10.1. The SMILES string of the molecule is C=COC1CC(CO)OC1C. The fraction of sp³-hybridized carbons (Fsp3) is 0.750. The minimum absolute atomic E-state index is 0.0599. The molecule has 3 nitrogen and oxygen atoms in total. The van der Waals surface area contributed by atoms with Gasteiger partial charge in [-0.25, -0.2) is 0 Å². The molecular weight excluding hydrogens is 144 g/mol. The van der Waals surface area contributed by atoms with Crippen molar-refractivity contribution >= 4 is 0 Å². The van der Waals surface area contributed by atoms with Gasteiger partial charge in [-0.05, 0) is 6.92 Å². The molecule has 1 N–H and O–H groups in total. The van der Waals surface area contributed by atoms with Crippen molar-refractivity contribution in [3.8, 4) is 0 Å². The van der Waals surface area contributed by atoms with E-state index in [9.17, 15) is 0 Å². The average Bonchev–Trinajstić information content (AvgIpc) is 2.33. The molecule has 0 aromatic rings. The van der Waals surface area contributed by atoms with Gasteiger partial charge in [-0.1, -0.05) is 6.58 Å². The molecule has 1 fully saturated rings. The smallest absolute Gasteiger partial charge is 0.126 e. The largest absolute Gasteiger partial charge is 0.496 e. The third-order valence-corrected chi connectivity index (χ3v) is 1.90. The predicted molar refractivity (Wildman–Crippen MR) is 41.1 cm³/mol. The van der Waals surface area contributed by atoms with E-state index in [0.29, 0.717) is 0 Å². The second kappa shape index (κ2) is 3.74. The third-order valence-electron chi connectivity index (χ3n) is 1.90. The molecule has 3 unspecified atom stereocenters. The highest BCUT2D eigenvalue weighted by molar-refractivity contribution is 4.81. The number of aliphatic hydroxyl groups excluding tert-OH is 1. The third kappa shape index (κ3) is 1.94. The van der Waals surface area contributed by atoms with Crippen LogP contribution in [0.4, 0.5) is 0 Å². The minimum atomic E-state index is -0.0602. The molecule has 64 valence electrons. The van der Waals surface area contributed by atoms with Gasteiger partial charge in [-0.15, -0.1) is 0 Å². The first-order chi connectivity index (χ1) is 5.27. The van der Waals surface area contributed by atoms with Gasteiger partial charge in [0, 0.05) is 6.42 Å². The molecule has 0 radical (unpaired) electrons. The Morgan fingerprint density at radius 3 is 3.00 bits per heavy atom. The standard InChI is InChI=1S/C8H14O3/c1-3-10-8-4-7(5-9)11-6(8)2/h3,6-9H,1,4-5H2,2H3. The molecule has 3 atom stereocenters. The highest BCUT2D eigenvalue weighted by atomic mass is 16.6. The Morgan fingerprint density at radius 1 is 1.82 bits per heavy atom. The van der Waals surface area contributed by atoms with Crippen LogP contribution in [-0.2, 0) is 9.47 Å². The van der Waals surface area contributed by atoms with Gasteiger partial charge in [0.1, 0.15) is 6.10 Å². The van der Waals surface area contributed by atoms with E-state index in [0.717, 1.165) is 6.42 Å². The van der Waals surface area contributed by atoms with Crippen molar-refractivity contribution in [1.29, 1.82) is 0 Å². The van der Waals surface area contributed by atoms with Crippen LogP contribution in [0.25, 0.3) is 0 Å². The molecule has 0 spiro atoms. The maximum atomic E-state index is 8.76. The van der Waals surface area contributed by atoms with Crippen LogP contribution in [0.3, 0.4) is 0 Å². The molecule has 3 heteroatoms. The van der Waals surface area contributed by atoms with E-state index < -0.39 is 0 Å². The fourth-order valence-corrected chi connectivity index (χ4v) is 1.30. The van der Waals surface area contributed by atoms with Gasteiger partial charge in [0.15, 0.2) is 0 Å². The van der Waals surface area contributed by atoms with Gasteiger partial charge in [-0.2, -0.15) is 0 Å². The van der Waals surface area contributed by atoms with Gasteiger partial charge in [0.2, 0.25) is 0 Å². The molecule has 0 aromatic heterocycles. The first-order valence-corrected chi connectivity index (χ1v) is 3.80. The first-order valence-electron chi connectivity index (χ1n) is 3.80. The van der Waals surface area contributed by atoms with E-state index in [4.69, 9.17) is 14.6 Å². The lowest BCUT2D eigenvalue weighted by Gasteiger charge is -2.11. The summed E-state index contributed by atoms with van der Waals surface area (Å²) in [4.78, 5) is 0. The monoisotopic (exact) mass is 158 g/mol. The Bertz CT molecular complexity index is 135. The van der Waals surface area contributed by atoms with Crippen molar-refractivity contribution in [2.75, 3.05) is 6.61 Å². The zero-order valence-corrected chi connectivity index (χ0v) is 6.69. The predicted octanol–water partition coefficient (Wildman–Crippen LogP) is 0.685. The maximum Gasteiger partial charge on any atom is 0.126 e. The first kappa shape index (κ1) is 8.56. The lowest BCUT2D eigenvalue weighted by molar-refractivity contribution is -0.00211. The summed E-state index contributed by atoms with van der Waals surface area (Å²) in [7, 11) is 0. The van der Waals surface area contributed by atoms with Crippen molar-refractivity contribution in [3.63, 3.8) is 0 Å². The zero-order chi connectivity index (χ0) is 8.27. The molecule has 0 amide bonds. The number of ether oxygens (including phenoxy) is 2. The Kier molecular flexibility index (Phi) is 2.91. The molecule has 0 saturated carbocycles. The van der Waals surface area contributed by atoms with Gasteiger partial charge >= 0.3 is 0 Å². The molecule has 1 aliphatic rings. The minimum Gasteiger partial charge on any atom is -0.496 e. The average molecular weight is 158 g/mol. The Labute approximate surface area is 66.6 Å². The summed E-state index contributed by atoms with van der Waals surface area (Å²) in [5.74, 6) is 0. The van der Waals surface area contributed by atoms with Crippen LogP contribution >= 0.6 is 0 Å². The molecule has 1 aliphatic heterocycles. The molecule has 0 bridgehead atoms. The van der Waals surface area contributed by atoms with E-state index >= 15 is 0 Å². The lowest BCUT2D eigenvalue weighted by Crippen LogP contribution is -2.18. The molecule has 0 aromatic carbocycles. The van der Waals surface area contributed by atoms with Crippen molar-refractivity contribution in [2.24, 2.45) is 0 Å². The van der Waals surface area contributed by atoms with E-state index in [1.807, 2.05) is 6.92 Å². The highest BCUT2D eigenvalue weighted by Gasteiger charge is 2.32. The molecule has 1 saturated heterocycles. The van der Waals surface area contributed by atoms with E-state index in [1.165, 1.54) is 6.26 Å². The summed E-state index contributed by atoms with van der Waals surface area (Å²) in [6.45, 7) is 5.47. The van der Waals surface area contributed by atoms with E-state index in [1.54, 1.807) is 0 Å². The summed E-state index contributed by atoms with van der Waals surface area (Å²) in [5, 5.41) is 8.76. The second-order valence-electron chi connectivity index (χ2n) is 2.72. The van der Waals surface area contributed by atoms with Crippen molar-refractivity contribution in [1.82, 2.24) is 0 Å². The summed E-state index contributed by atoms with van der Waals surface area (Å²) in [6.07, 6.45) is 2.23. The molecule has 0 aliphatic carbocycles. The normalized spacial score (nSPS) is 37.1. The molecule has 1 rings (SSSR count). The number of rotatable bonds is 3. The Morgan fingerprint density at radius 2 is 2.55 bits per heavy atom. The summed E-state index contributed by atoms with van der Waals surface area (Å²) < 4.78 is 10.5. The fourth-order valence-electron chi connectivity index (χ4n) is 1.30. The van der Waals surface area contributed by atoms with Gasteiger partial charge < -0.3 is 14.6 Å². The van der Waals surface area contributed by atoms with Gasteiger partial charge in [0.05, 0.1) is 25.1 Å². The quantitative estimate of drug-likeness (QED) is 0.614. The van der Waals surface area contributed by atoms with E-state index in [-0.39, 0.29) is 24.9 Å². The number of hydrogen-bond donors (Lipinski definition) is 1.